The predicted octanol–water partition coefficient (Wildman–Crippen LogP) is 5.17. The summed E-state index contributed by atoms with van der Waals surface area (Å²) in [6, 6.07) is 18.9. The number of aromatic hydroxyl groups is 2. The summed E-state index contributed by atoms with van der Waals surface area (Å²) in [5.74, 6) is 0.884. The van der Waals surface area contributed by atoms with E-state index in [1.807, 2.05) is 6.92 Å². The average Bonchev–Trinajstić information content (AvgIpc) is 3.20. The molecule has 0 amide bonds. The summed E-state index contributed by atoms with van der Waals surface area (Å²) in [4.78, 5) is 14.4. The van der Waals surface area contributed by atoms with Gasteiger partial charge in [0.25, 0.3) is 0 Å². The van der Waals surface area contributed by atoms with Gasteiger partial charge in [0.1, 0.15) is 23.9 Å². The number of nitrogens with one attached hydrogen (secondary N) is 1. The van der Waals surface area contributed by atoms with Crippen LogP contribution in [-0.2, 0) is 4.74 Å². The number of ketones is 1. The van der Waals surface area contributed by atoms with E-state index in [9.17, 15) is 15.0 Å². The zero-order valence-corrected chi connectivity index (χ0v) is 19.0. The lowest BCUT2D eigenvalue weighted by Crippen LogP contribution is -2.23. The van der Waals surface area contributed by atoms with Crippen LogP contribution < -0.4 is 10.1 Å². The van der Waals surface area contributed by atoms with Gasteiger partial charge >= 0.3 is 0 Å². The van der Waals surface area contributed by atoms with E-state index in [2.05, 4.69) is 5.32 Å². The Labute approximate surface area is 196 Å². The lowest BCUT2D eigenvalue weighted by molar-refractivity contribution is 0.104. The van der Waals surface area contributed by atoms with Crippen molar-refractivity contribution in [1.82, 2.24) is 5.32 Å². The van der Waals surface area contributed by atoms with E-state index >= 15 is 0 Å². The van der Waals surface area contributed by atoms with Crippen molar-refractivity contribution < 1.29 is 24.5 Å². The fourth-order valence-electron chi connectivity index (χ4n) is 3.46. The molecule has 0 aliphatic carbocycles. The lowest BCUT2D eigenvalue weighted by Gasteiger charge is -2.09. The maximum Gasteiger partial charge on any atom is 0.195 e. The van der Waals surface area contributed by atoms with Crippen molar-refractivity contribution in [3.8, 4) is 27.7 Å². The maximum absolute atomic E-state index is 13.6. The number of rotatable bonds is 10. The molecule has 6 nitrogen and oxygen atoms in total. The molecule has 0 aliphatic rings. The highest BCUT2D eigenvalue weighted by Crippen LogP contribution is 2.41. The van der Waals surface area contributed by atoms with Crippen LogP contribution in [0.15, 0.2) is 66.7 Å². The third kappa shape index (κ3) is 5.34. The number of benzene rings is 3. The molecule has 0 fully saturated rings. The average molecular weight is 464 g/mol. The van der Waals surface area contributed by atoms with E-state index < -0.39 is 0 Å². The van der Waals surface area contributed by atoms with Gasteiger partial charge in [-0.3, -0.25) is 10.1 Å². The molecule has 0 radical (unpaired) electrons. The van der Waals surface area contributed by atoms with Crippen molar-refractivity contribution in [1.29, 1.82) is 0 Å². The topological polar surface area (TPSA) is 88.0 Å². The van der Waals surface area contributed by atoms with E-state index in [0.29, 0.717) is 43.4 Å². The molecule has 3 N–H and O–H groups in total. The lowest BCUT2D eigenvalue weighted by atomic mass is 9.97. The van der Waals surface area contributed by atoms with E-state index in [0.717, 1.165) is 20.5 Å². The molecule has 7 heteroatoms. The molecular formula is C26H25NO5S. The Kier molecular flexibility index (Phi) is 7.24. The number of hydrogen-bond acceptors (Lipinski definition) is 7. The number of ether oxygens (including phenoxy) is 2. The normalized spacial score (nSPS) is 11.1. The first kappa shape index (κ1) is 22.8. The van der Waals surface area contributed by atoms with Crippen molar-refractivity contribution in [2.24, 2.45) is 0 Å². The highest BCUT2D eigenvalue weighted by atomic mass is 32.1. The maximum atomic E-state index is 13.6. The summed E-state index contributed by atoms with van der Waals surface area (Å²) in [5, 5.41) is 23.5. The number of fused-ring (bicyclic) bond motifs is 1. The Morgan fingerprint density at radius 3 is 2.42 bits per heavy atom. The molecule has 4 rings (SSSR count). The van der Waals surface area contributed by atoms with Gasteiger partial charge in [-0.15, -0.1) is 11.3 Å². The second-order valence-electron chi connectivity index (χ2n) is 7.37. The van der Waals surface area contributed by atoms with Gasteiger partial charge in [-0.1, -0.05) is 0 Å². The minimum Gasteiger partial charge on any atom is -0.508 e. The molecule has 0 spiro atoms. The Morgan fingerprint density at radius 2 is 1.70 bits per heavy atom. The first-order valence-corrected chi connectivity index (χ1v) is 11.5. The van der Waals surface area contributed by atoms with Crippen molar-refractivity contribution in [2.75, 3.05) is 26.5 Å². The number of thiophene rings is 1. The van der Waals surface area contributed by atoms with Crippen molar-refractivity contribution >= 4 is 27.2 Å². The largest absolute Gasteiger partial charge is 0.508 e. The summed E-state index contributed by atoms with van der Waals surface area (Å²) in [5.41, 5.74) is 1.95. The SMILES string of the molecule is CCOCNCCOc1ccc(C(=O)c2c(-c3ccc(O)cc3)sc3cc(O)ccc23)cc1. The first-order valence-electron chi connectivity index (χ1n) is 10.7. The van der Waals surface area contributed by atoms with Crippen LogP contribution in [0.4, 0.5) is 0 Å². The van der Waals surface area contributed by atoms with Gasteiger partial charge in [-0.05, 0) is 79.2 Å². The van der Waals surface area contributed by atoms with E-state index in [-0.39, 0.29) is 17.3 Å². The van der Waals surface area contributed by atoms with Crippen LogP contribution in [0.3, 0.4) is 0 Å². The molecule has 1 aromatic heterocycles. The Bertz CT molecular complexity index is 1230. The zero-order chi connectivity index (χ0) is 23.2. The Balaban J connectivity index is 1.58. The van der Waals surface area contributed by atoms with Crippen LogP contribution in [0, 0.1) is 0 Å². The zero-order valence-electron chi connectivity index (χ0n) is 18.2. The summed E-state index contributed by atoms with van der Waals surface area (Å²) < 4.78 is 11.8. The first-order chi connectivity index (χ1) is 16.1. The summed E-state index contributed by atoms with van der Waals surface area (Å²) in [6.45, 7) is 4.24. The number of carbonyl (C=O) groups is 1. The Morgan fingerprint density at radius 1 is 0.970 bits per heavy atom. The fourth-order valence-corrected chi connectivity index (χ4v) is 4.70. The number of phenols is 2. The third-order valence-corrected chi connectivity index (χ3v) is 6.30. The highest BCUT2D eigenvalue weighted by molar-refractivity contribution is 7.22. The van der Waals surface area contributed by atoms with Gasteiger partial charge in [0.05, 0.1) is 6.73 Å². The molecule has 170 valence electrons. The molecule has 3 aromatic carbocycles. The van der Waals surface area contributed by atoms with E-state index in [1.54, 1.807) is 66.7 Å². The molecule has 4 aromatic rings. The van der Waals surface area contributed by atoms with Gasteiger partial charge in [0.2, 0.25) is 0 Å². The molecule has 0 aliphatic heterocycles. The second-order valence-corrected chi connectivity index (χ2v) is 8.42. The van der Waals surface area contributed by atoms with Gasteiger partial charge in [-0.2, -0.15) is 0 Å². The van der Waals surface area contributed by atoms with Crippen molar-refractivity contribution in [2.45, 2.75) is 6.92 Å². The molecular weight excluding hydrogens is 438 g/mol. The Hall–Kier alpha value is -3.39. The highest BCUT2D eigenvalue weighted by Gasteiger charge is 2.22. The second kappa shape index (κ2) is 10.5. The molecule has 0 unspecified atom stereocenters. The van der Waals surface area contributed by atoms with Crippen LogP contribution in [0.2, 0.25) is 0 Å². The molecule has 0 saturated heterocycles. The fraction of sp³-hybridized carbons (Fsp3) is 0.192. The van der Waals surface area contributed by atoms with Crippen LogP contribution in [0.5, 0.6) is 17.2 Å². The van der Waals surface area contributed by atoms with Crippen LogP contribution in [0.1, 0.15) is 22.8 Å². The van der Waals surface area contributed by atoms with E-state index in [4.69, 9.17) is 9.47 Å². The standard InChI is InChI=1S/C26H25NO5S/c1-2-31-16-27-13-14-32-21-10-5-17(6-11-21)25(30)24-22-12-9-20(29)15-23(22)33-26(24)18-3-7-19(28)8-4-18/h3-12,15,27-29H,2,13-14,16H2,1H3. The number of phenolic OH excluding ortho intramolecular Hbond substituents is 2. The smallest absolute Gasteiger partial charge is 0.195 e. The van der Waals surface area contributed by atoms with Gasteiger partial charge < -0.3 is 19.7 Å². The summed E-state index contributed by atoms with van der Waals surface area (Å²) in [7, 11) is 0. The molecule has 0 bridgehead atoms. The number of carbonyl (C=O) groups excluding carboxylic acids is 1. The van der Waals surface area contributed by atoms with Gasteiger partial charge in [0, 0.05) is 39.2 Å². The van der Waals surface area contributed by atoms with Crippen molar-refractivity contribution in [3.05, 3.63) is 77.9 Å². The molecule has 0 atom stereocenters. The number of hydrogen-bond donors (Lipinski definition) is 3. The monoisotopic (exact) mass is 463 g/mol. The van der Waals surface area contributed by atoms with Gasteiger partial charge in [0.15, 0.2) is 5.78 Å². The molecule has 0 saturated carbocycles. The molecule has 33 heavy (non-hydrogen) atoms. The van der Waals surface area contributed by atoms with Crippen LogP contribution in [0.25, 0.3) is 20.5 Å². The predicted molar refractivity (Wildman–Crippen MR) is 130 cm³/mol. The van der Waals surface area contributed by atoms with Crippen LogP contribution in [-0.4, -0.2) is 42.5 Å². The van der Waals surface area contributed by atoms with Gasteiger partial charge in [-0.25, -0.2) is 0 Å². The minimum absolute atomic E-state index is 0.111. The third-order valence-electron chi connectivity index (χ3n) is 5.10. The molecule has 1 heterocycles. The van der Waals surface area contributed by atoms with Crippen LogP contribution >= 0.6 is 11.3 Å². The van der Waals surface area contributed by atoms with Crippen molar-refractivity contribution in [3.63, 3.8) is 0 Å². The van der Waals surface area contributed by atoms with E-state index in [1.165, 1.54) is 11.3 Å². The summed E-state index contributed by atoms with van der Waals surface area (Å²) >= 11 is 1.44. The minimum atomic E-state index is -0.111. The summed E-state index contributed by atoms with van der Waals surface area (Å²) in [6.07, 6.45) is 0. The quantitative estimate of drug-likeness (QED) is 0.171.